The van der Waals surface area contributed by atoms with Gasteiger partial charge in [0.05, 0.1) is 29.7 Å². The lowest BCUT2D eigenvalue weighted by Crippen LogP contribution is -2.58. The summed E-state index contributed by atoms with van der Waals surface area (Å²) in [5.41, 5.74) is 1.88. The Balaban J connectivity index is 1.61. The predicted octanol–water partition coefficient (Wildman–Crippen LogP) is 6.41. The average Bonchev–Trinajstić information content (AvgIpc) is 3.74. The smallest absolute Gasteiger partial charge is 0.352 e. The zero-order valence-electron chi connectivity index (χ0n) is 40.5. The number of thiazole rings is 1. The van der Waals surface area contributed by atoms with Crippen LogP contribution in [0.25, 0.3) is 10.7 Å². The number of rotatable bonds is 10. The molecule has 5 rings (SSSR count). The van der Waals surface area contributed by atoms with Gasteiger partial charge in [-0.3, -0.25) is 14.4 Å². The molecule has 0 spiro atoms. The molecule has 0 radical (unpaired) electrons. The number of anilines is 1. The lowest BCUT2D eigenvalue weighted by molar-refractivity contribution is -0.287. The lowest BCUT2D eigenvalue weighted by Gasteiger charge is -2.48. The zero-order valence-corrected chi connectivity index (χ0v) is 43.4. The molecule has 2 bridgehead atoms. The molecule has 1 saturated carbocycles. The SMILES string of the molecule is CCC(=O)N=C1[C@H](C)C[C@@]2(C)CC/C(=N/OCc3csc(-c4cccc(NC(=O)[C@H](C)N)n4)n3)CC[C@H]([C@H]1C)[C@](C)(O)[C@@H](I)OC(=O)[C@@](C)(F)C(=O)[C@H](C)[C@H]2O[C@@H]1O[C@H](C)C[C@H](N(C)C)[C@H]1O. The van der Waals surface area contributed by atoms with Crippen LogP contribution >= 0.6 is 33.9 Å². The van der Waals surface area contributed by atoms with Gasteiger partial charge in [0, 0.05) is 35.4 Å². The Morgan fingerprint density at radius 1 is 1.13 bits per heavy atom. The number of aliphatic imine (C=N–C) groups is 1. The van der Waals surface area contributed by atoms with E-state index in [4.69, 9.17) is 29.8 Å². The number of carbonyl (C=O) groups is 4. The van der Waals surface area contributed by atoms with Crippen LogP contribution in [-0.2, 0) is 44.8 Å². The minimum absolute atomic E-state index is 0.0108. The van der Waals surface area contributed by atoms with E-state index in [2.05, 4.69) is 20.4 Å². The Hall–Kier alpha value is -3.38. The van der Waals surface area contributed by atoms with Gasteiger partial charge in [0.15, 0.2) is 22.8 Å². The Kier molecular flexibility index (Phi) is 18.4. The summed E-state index contributed by atoms with van der Waals surface area (Å²) in [6.07, 6.45) is -1.93. The molecule has 4 heterocycles. The van der Waals surface area contributed by atoms with Crippen LogP contribution in [-0.4, -0.2) is 126 Å². The molecule has 1 aliphatic carbocycles. The number of esters is 1. The molecule has 3 fully saturated rings. The van der Waals surface area contributed by atoms with Crippen molar-refractivity contribution in [1.82, 2.24) is 14.9 Å². The van der Waals surface area contributed by atoms with Crippen LogP contribution in [0.2, 0.25) is 0 Å². The van der Waals surface area contributed by atoms with Crippen LogP contribution in [0.1, 0.15) is 113 Å². The van der Waals surface area contributed by atoms with Gasteiger partial charge in [-0.1, -0.05) is 45.8 Å². The number of fused-ring (bicyclic) bond motifs is 5. The highest BCUT2D eigenvalue weighted by molar-refractivity contribution is 14.1. The van der Waals surface area contributed by atoms with Gasteiger partial charge in [-0.2, -0.15) is 0 Å². The fourth-order valence-corrected chi connectivity index (χ4v) is 11.1. The molecule has 2 saturated heterocycles. The molecule has 20 heteroatoms. The van der Waals surface area contributed by atoms with Crippen LogP contribution in [0.3, 0.4) is 0 Å². The third-order valence-corrected chi connectivity index (χ3v) is 16.0. The molecule has 3 aliphatic rings. The zero-order chi connectivity index (χ0) is 49.8. The molecule has 2 amide bonds. The van der Waals surface area contributed by atoms with Crippen LogP contribution in [0.5, 0.6) is 0 Å². The Morgan fingerprint density at radius 3 is 2.49 bits per heavy atom. The number of ketones is 1. The number of nitrogens with one attached hydrogen (secondary N) is 1. The van der Waals surface area contributed by atoms with Crippen molar-refractivity contribution in [1.29, 1.82) is 0 Å². The van der Waals surface area contributed by atoms with Crippen LogP contribution in [0, 0.1) is 29.1 Å². The molecular weight excluding hydrogens is 1000 g/mol. The number of carbonyl (C=O) groups excluding carboxylic acids is 4. The molecule has 14 atom stereocenters. The molecule has 0 aromatic carbocycles. The van der Waals surface area contributed by atoms with Gasteiger partial charge >= 0.3 is 5.97 Å². The standard InChI is InChI=1S/C47H69FIN7O10S/c1-12-35(57)54-36-24(2)21-45(7)19-18-29(55-63-22-30-23-67-41(51-30)32-14-13-15-34(52-32)53-40(60)28(6)50)16-17-31(26(36)4)47(9,62)43(49)66-44(61)46(8,48)38(59)27(5)39(45)65-42-37(58)33(56(10)11)20-25(3)64-42/h13-15,23-28,31,33,37,39,42-43,58,62H,12,16-22,50H2,1-11H3,(H,52,53,60)/b54-36?,55-29+/t24-,25-,26-,27+,28+,31-,33+,37-,39-,42+,43+,45-,46+,47+/m1/s1. The number of nitrogens with two attached hydrogens (primary N) is 1. The number of cyclic esters (lactones) is 1. The summed E-state index contributed by atoms with van der Waals surface area (Å²) in [5, 5.41) is 34.0. The fourth-order valence-electron chi connectivity index (χ4n) is 9.66. The van der Waals surface area contributed by atoms with Crippen molar-refractivity contribution >= 4 is 74.7 Å². The summed E-state index contributed by atoms with van der Waals surface area (Å²) < 4.78 is 34.4. The summed E-state index contributed by atoms with van der Waals surface area (Å²) in [5.74, 6) is -6.05. The van der Waals surface area contributed by atoms with Crippen molar-refractivity contribution in [2.24, 2.45) is 45.0 Å². The van der Waals surface area contributed by atoms with E-state index in [1.807, 2.05) is 52.1 Å². The Labute approximate surface area is 410 Å². The van der Waals surface area contributed by atoms with E-state index in [1.165, 1.54) is 25.2 Å². The maximum Gasteiger partial charge on any atom is 0.352 e. The van der Waals surface area contributed by atoms with Gasteiger partial charge in [-0.25, -0.2) is 24.1 Å². The summed E-state index contributed by atoms with van der Waals surface area (Å²) >= 11 is 3.10. The quantitative estimate of drug-likeness (QED) is 0.0662. The number of pyridine rings is 1. The van der Waals surface area contributed by atoms with E-state index in [0.717, 1.165) is 6.92 Å². The number of nitrogens with zero attached hydrogens (tertiary/aromatic N) is 5. The summed E-state index contributed by atoms with van der Waals surface area (Å²) in [7, 11) is 3.68. The van der Waals surface area contributed by atoms with Gasteiger partial charge in [0.2, 0.25) is 11.8 Å². The largest absolute Gasteiger partial charge is 0.446 e. The Morgan fingerprint density at radius 2 is 1.84 bits per heavy atom. The van der Waals surface area contributed by atoms with E-state index in [9.17, 15) is 29.4 Å². The number of Topliss-reactive ketones (excluding diaryl/α,β-unsaturated/α-hetero) is 1. The second kappa shape index (κ2) is 22.6. The highest BCUT2D eigenvalue weighted by atomic mass is 127. The molecular formula is C47H69FIN7O10S. The van der Waals surface area contributed by atoms with E-state index in [0.29, 0.717) is 46.5 Å². The van der Waals surface area contributed by atoms with Crippen molar-refractivity contribution in [3.63, 3.8) is 0 Å². The minimum atomic E-state index is -3.15. The number of aliphatic hydroxyl groups excluding tert-OH is 1. The number of alkyl halides is 2. The van der Waals surface area contributed by atoms with E-state index >= 15 is 4.39 Å². The number of amides is 2. The summed E-state index contributed by atoms with van der Waals surface area (Å²) in [6, 6.07) is 4.10. The molecule has 67 heavy (non-hydrogen) atoms. The number of halogens is 2. The fraction of sp³-hybridized carbons (Fsp3) is 0.702. The molecule has 2 aromatic heterocycles. The minimum Gasteiger partial charge on any atom is -0.446 e. The van der Waals surface area contributed by atoms with Crippen LogP contribution in [0.4, 0.5) is 10.2 Å². The van der Waals surface area contributed by atoms with Crippen molar-refractivity contribution in [2.45, 2.75) is 166 Å². The van der Waals surface area contributed by atoms with Gasteiger partial charge in [-0.15, -0.1) is 11.3 Å². The predicted molar refractivity (Wildman–Crippen MR) is 261 cm³/mol. The van der Waals surface area contributed by atoms with Gasteiger partial charge < -0.3 is 45.2 Å². The van der Waals surface area contributed by atoms with Crippen molar-refractivity contribution in [3.8, 4) is 10.7 Å². The number of likely N-dealkylation sites (N-methyl/N-ethyl adjacent to an activating group) is 1. The second-order valence-electron chi connectivity index (χ2n) is 19.5. The highest BCUT2D eigenvalue weighted by Crippen LogP contribution is 2.47. The van der Waals surface area contributed by atoms with Gasteiger partial charge in [0.25, 0.3) is 5.67 Å². The molecule has 372 valence electrons. The maximum atomic E-state index is 16.9. The van der Waals surface area contributed by atoms with Gasteiger partial charge in [-0.05, 0) is 132 Å². The van der Waals surface area contributed by atoms with E-state index in [-0.39, 0.29) is 62.7 Å². The second-order valence-corrected chi connectivity index (χ2v) is 21.5. The third-order valence-electron chi connectivity index (χ3n) is 13.6. The molecule has 17 nitrogen and oxygen atoms in total. The lowest BCUT2D eigenvalue weighted by atomic mass is 9.66. The van der Waals surface area contributed by atoms with Crippen LogP contribution < -0.4 is 11.1 Å². The van der Waals surface area contributed by atoms with Crippen molar-refractivity contribution in [2.75, 3.05) is 19.4 Å². The normalized spacial score (nSPS) is 36.4. The first-order chi connectivity index (χ1) is 31.3. The third kappa shape index (κ3) is 12.9. The first kappa shape index (κ1) is 54.6. The number of hydrogen-bond acceptors (Lipinski definition) is 16. The number of hydrogen-bond donors (Lipinski definition) is 4. The van der Waals surface area contributed by atoms with Crippen molar-refractivity contribution in [3.05, 3.63) is 29.3 Å². The molecule has 2 aromatic rings. The first-order valence-electron chi connectivity index (χ1n) is 23.0. The molecule has 5 N–H and O–H groups in total. The molecule has 2 aliphatic heterocycles. The Bertz CT molecular complexity index is 2150. The van der Waals surface area contributed by atoms with Crippen molar-refractivity contribution < 1.29 is 52.8 Å². The van der Waals surface area contributed by atoms with Crippen LogP contribution in [0.15, 0.2) is 33.7 Å². The van der Waals surface area contributed by atoms with Gasteiger partial charge in [0.1, 0.15) is 28.2 Å². The average molecular weight is 1070 g/mol. The summed E-state index contributed by atoms with van der Waals surface area (Å²) in [4.78, 5) is 75.7. The monoisotopic (exact) mass is 1070 g/mol. The first-order valence-corrected chi connectivity index (χ1v) is 25.2. The summed E-state index contributed by atoms with van der Waals surface area (Å²) in [6.45, 7) is 14.8. The topological polar surface area (TPSA) is 237 Å². The highest BCUT2D eigenvalue weighted by Gasteiger charge is 2.56. The number of aromatic nitrogens is 2. The number of aliphatic hydroxyl groups is 2. The number of ether oxygens (including phenoxy) is 3. The molecule has 0 unspecified atom stereocenters. The van der Waals surface area contributed by atoms with E-state index < -0.39 is 80.8 Å². The van der Waals surface area contributed by atoms with E-state index in [1.54, 1.807) is 54.6 Å². The maximum absolute atomic E-state index is 16.9. The number of oxime groups is 1.